The highest BCUT2D eigenvalue weighted by Crippen LogP contribution is 2.41. The molecule has 1 aromatic rings. The van der Waals surface area contributed by atoms with Crippen LogP contribution in [0.25, 0.3) is 0 Å². The highest BCUT2D eigenvalue weighted by Gasteiger charge is 2.41. The minimum Gasteiger partial charge on any atom is -0.353 e. The van der Waals surface area contributed by atoms with Crippen molar-refractivity contribution in [2.75, 3.05) is 11.4 Å². The van der Waals surface area contributed by atoms with Crippen molar-refractivity contribution >= 4 is 15.8 Å². The van der Waals surface area contributed by atoms with Crippen LogP contribution in [-0.4, -0.2) is 42.4 Å². The molecule has 1 saturated heterocycles. The Morgan fingerprint density at radius 2 is 1.77 bits per heavy atom. The second-order valence-electron chi connectivity index (χ2n) is 8.52. The lowest BCUT2D eigenvalue weighted by atomic mass is 9.80. The first-order valence-electron chi connectivity index (χ1n) is 9.99. The van der Waals surface area contributed by atoms with Crippen molar-refractivity contribution in [2.45, 2.75) is 83.3 Å². The minimum absolute atomic E-state index is 0.0814. The average molecular weight is 380 g/mol. The molecule has 0 bridgehead atoms. The molecule has 5 nitrogen and oxygen atoms in total. The molecule has 146 valence electrons. The van der Waals surface area contributed by atoms with Crippen molar-refractivity contribution in [1.82, 2.24) is 9.29 Å². The standard InChI is InChI=1S/C20H33N3O2S/c1-14(2)23(15(3)4)26(24,25)17-10-11-20(21-12-17)22-13-16(5)18-8-6-7-9-19(18)22/h10-12,14-16,18-19H,6-9,13H2,1-5H3. The van der Waals surface area contributed by atoms with Gasteiger partial charge in [0.15, 0.2) is 0 Å². The first kappa shape index (κ1) is 19.6. The summed E-state index contributed by atoms with van der Waals surface area (Å²) in [6.45, 7) is 11.0. The molecule has 0 N–H and O–H groups in total. The maximum absolute atomic E-state index is 13.0. The van der Waals surface area contributed by atoms with Crippen molar-refractivity contribution in [3.05, 3.63) is 18.3 Å². The molecule has 2 heterocycles. The lowest BCUT2D eigenvalue weighted by Gasteiger charge is -2.33. The van der Waals surface area contributed by atoms with E-state index in [9.17, 15) is 8.42 Å². The van der Waals surface area contributed by atoms with Gasteiger partial charge in [-0.1, -0.05) is 19.8 Å². The summed E-state index contributed by atoms with van der Waals surface area (Å²) in [4.78, 5) is 7.27. The van der Waals surface area contributed by atoms with Crippen molar-refractivity contribution in [2.24, 2.45) is 11.8 Å². The quantitative estimate of drug-likeness (QED) is 0.778. The van der Waals surface area contributed by atoms with Crippen molar-refractivity contribution in [3.8, 4) is 0 Å². The maximum Gasteiger partial charge on any atom is 0.245 e. The number of nitrogens with zero attached hydrogens (tertiary/aromatic N) is 3. The molecule has 3 atom stereocenters. The lowest BCUT2D eigenvalue weighted by molar-refractivity contribution is 0.293. The van der Waals surface area contributed by atoms with E-state index in [1.807, 2.05) is 33.8 Å². The summed E-state index contributed by atoms with van der Waals surface area (Å²) in [6.07, 6.45) is 6.71. The van der Waals surface area contributed by atoms with Gasteiger partial charge in [-0.25, -0.2) is 13.4 Å². The number of aromatic nitrogens is 1. The second kappa shape index (κ2) is 7.47. The molecule has 1 aliphatic carbocycles. The van der Waals surface area contributed by atoms with Crippen LogP contribution in [0.15, 0.2) is 23.2 Å². The van der Waals surface area contributed by atoms with E-state index < -0.39 is 10.0 Å². The zero-order valence-electron chi connectivity index (χ0n) is 16.7. The smallest absolute Gasteiger partial charge is 0.245 e. The van der Waals surface area contributed by atoms with Gasteiger partial charge in [0.2, 0.25) is 10.0 Å². The molecule has 2 fully saturated rings. The van der Waals surface area contributed by atoms with E-state index in [1.54, 1.807) is 16.6 Å². The third-order valence-electron chi connectivity index (χ3n) is 6.01. The summed E-state index contributed by atoms with van der Waals surface area (Å²) in [7, 11) is -3.52. The van der Waals surface area contributed by atoms with Gasteiger partial charge in [0.25, 0.3) is 0 Å². The number of sulfonamides is 1. The Kier molecular flexibility index (Phi) is 5.63. The third kappa shape index (κ3) is 3.50. The number of rotatable bonds is 5. The molecule has 1 aromatic heterocycles. The Labute approximate surface area is 158 Å². The normalized spacial score (nSPS) is 26.8. The van der Waals surface area contributed by atoms with Gasteiger partial charge in [0, 0.05) is 30.9 Å². The highest BCUT2D eigenvalue weighted by atomic mass is 32.2. The summed E-state index contributed by atoms with van der Waals surface area (Å²) in [5.74, 6) is 2.36. The topological polar surface area (TPSA) is 53.5 Å². The van der Waals surface area contributed by atoms with Crippen LogP contribution in [0.5, 0.6) is 0 Å². The zero-order valence-corrected chi connectivity index (χ0v) is 17.5. The Bertz CT molecular complexity index is 707. The summed E-state index contributed by atoms with van der Waals surface area (Å²) in [5.41, 5.74) is 0. The molecule has 3 unspecified atom stereocenters. The molecule has 1 aliphatic heterocycles. The Balaban J connectivity index is 1.85. The Hall–Kier alpha value is -1.14. The first-order valence-corrected chi connectivity index (χ1v) is 11.4. The van der Waals surface area contributed by atoms with Gasteiger partial charge >= 0.3 is 0 Å². The van der Waals surface area contributed by atoms with E-state index in [0.717, 1.165) is 18.3 Å². The maximum atomic E-state index is 13.0. The summed E-state index contributed by atoms with van der Waals surface area (Å²) in [5, 5.41) is 0. The van der Waals surface area contributed by atoms with Gasteiger partial charge in [-0.3, -0.25) is 0 Å². The van der Waals surface area contributed by atoms with Crippen molar-refractivity contribution in [1.29, 1.82) is 0 Å². The highest BCUT2D eigenvalue weighted by molar-refractivity contribution is 7.89. The number of pyridine rings is 1. The van der Waals surface area contributed by atoms with E-state index >= 15 is 0 Å². The Morgan fingerprint density at radius 1 is 1.12 bits per heavy atom. The molecule has 26 heavy (non-hydrogen) atoms. The van der Waals surface area contributed by atoms with Gasteiger partial charge in [0.05, 0.1) is 0 Å². The van der Waals surface area contributed by atoms with Gasteiger partial charge in [0.1, 0.15) is 10.7 Å². The van der Waals surface area contributed by atoms with E-state index in [1.165, 1.54) is 25.7 Å². The van der Waals surface area contributed by atoms with Crippen LogP contribution >= 0.6 is 0 Å². The second-order valence-corrected chi connectivity index (χ2v) is 10.4. The molecular formula is C20H33N3O2S. The predicted molar refractivity (Wildman–Crippen MR) is 106 cm³/mol. The molecule has 6 heteroatoms. The number of hydrogen-bond donors (Lipinski definition) is 0. The third-order valence-corrected chi connectivity index (χ3v) is 8.24. The van der Waals surface area contributed by atoms with E-state index in [4.69, 9.17) is 0 Å². The van der Waals surface area contributed by atoms with Crippen molar-refractivity contribution in [3.63, 3.8) is 0 Å². The average Bonchev–Trinajstić information content (AvgIpc) is 2.91. The summed E-state index contributed by atoms with van der Waals surface area (Å²) in [6, 6.07) is 4.03. The van der Waals surface area contributed by atoms with E-state index in [0.29, 0.717) is 12.0 Å². The van der Waals surface area contributed by atoms with Gasteiger partial charge < -0.3 is 4.90 Å². The number of anilines is 1. The summed E-state index contributed by atoms with van der Waals surface area (Å²) >= 11 is 0. The van der Waals surface area contributed by atoms with Gasteiger partial charge in [-0.05, 0) is 64.5 Å². The SMILES string of the molecule is CC1CN(c2ccc(S(=O)(=O)N(C(C)C)C(C)C)cn2)C2CCCCC12. The van der Waals surface area contributed by atoms with Gasteiger partial charge in [-0.15, -0.1) is 0 Å². The van der Waals surface area contributed by atoms with Crippen LogP contribution in [-0.2, 0) is 10.0 Å². The van der Waals surface area contributed by atoms with Crippen LogP contribution in [0.1, 0.15) is 60.3 Å². The number of hydrogen-bond acceptors (Lipinski definition) is 4. The van der Waals surface area contributed by atoms with Gasteiger partial charge in [-0.2, -0.15) is 4.31 Å². The zero-order chi connectivity index (χ0) is 19.1. The molecule has 1 saturated carbocycles. The molecule has 3 rings (SSSR count). The van der Waals surface area contributed by atoms with Crippen LogP contribution in [0.3, 0.4) is 0 Å². The van der Waals surface area contributed by atoms with Crippen LogP contribution in [0, 0.1) is 11.8 Å². The minimum atomic E-state index is -3.52. The monoisotopic (exact) mass is 379 g/mol. The molecular weight excluding hydrogens is 346 g/mol. The van der Waals surface area contributed by atoms with Crippen LogP contribution in [0.2, 0.25) is 0 Å². The van der Waals surface area contributed by atoms with Crippen LogP contribution in [0.4, 0.5) is 5.82 Å². The number of fused-ring (bicyclic) bond motifs is 1. The van der Waals surface area contributed by atoms with E-state index in [2.05, 4.69) is 16.8 Å². The fraction of sp³-hybridized carbons (Fsp3) is 0.750. The Morgan fingerprint density at radius 3 is 2.35 bits per heavy atom. The predicted octanol–water partition coefficient (Wildman–Crippen LogP) is 3.90. The van der Waals surface area contributed by atoms with Crippen LogP contribution < -0.4 is 4.90 Å². The fourth-order valence-corrected chi connectivity index (χ4v) is 6.78. The summed E-state index contributed by atoms with van der Waals surface area (Å²) < 4.78 is 27.6. The molecule has 0 radical (unpaired) electrons. The molecule has 2 aliphatic rings. The van der Waals surface area contributed by atoms with E-state index in [-0.39, 0.29) is 17.0 Å². The van der Waals surface area contributed by atoms with Crippen molar-refractivity contribution < 1.29 is 8.42 Å². The first-order chi connectivity index (χ1) is 12.2. The molecule has 0 aromatic carbocycles. The largest absolute Gasteiger partial charge is 0.353 e. The molecule has 0 amide bonds. The lowest BCUT2D eigenvalue weighted by Crippen LogP contribution is -2.42. The molecule has 0 spiro atoms. The fourth-order valence-electron chi connectivity index (χ4n) is 5.00.